The minimum atomic E-state index is -3.58. The summed E-state index contributed by atoms with van der Waals surface area (Å²) in [6.07, 6.45) is 2.03. The van der Waals surface area contributed by atoms with Crippen LogP contribution in [0.1, 0.15) is 18.1 Å². The van der Waals surface area contributed by atoms with Crippen LogP contribution in [-0.4, -0.2) is 18.6 Å². The normalized spacial score (nSPS) is 11.4. The fraction of sp³-hybridized carbons (Fsp3) is 0.0476. The molecule has 0 bridgehead atoms. The number of hydrogen-bond acceptors (Lipinski definition) is 5. The molecule has 0 aliphatic rings. The first-order valence-electron chi connectivity index (χ1n) is 8.30. The van der Waals surface area contributed by atoms with E-state index in [1.165, 1.54) is 24.3 Å². The number of phenolic OH excluding ortho intramolecular Hbond substituents is 2. The molecule has 0 saturated heterocycles. The summed E-state index contributed by atoms with van der Waals surface area (Å²) < 4.78 is 21.4. The van der Waals surface area contributed by atoms with Gasteiger partial charge in [0.15, 0.2) is 0 Å². The van der Waals surface area contributed by atoms with E-state index >= 15 is 0 Å². The van der Waals surface area contributed by atoms with E-state index in [1.807, 2.05) is 37.3 Å². The Balaban J connectivity index is 0.000000221. The number of nitrogens with two attached hydrogens (primary N) is 2. The lowest BCUT2D eigenvalue weighted by Gasteiger charge is -2.02. The Kier molecular flexibility index (Phi) is 6.81. The molecule has 146 valence electrons. The molecule has 0 heterocycles. The predicted molar refractivity (Wildman–Crippen MR) is 112 cm³/mol. The lowest BCUT2D eigenvalue weighted by Crippen LogP contribution is -2.11. The molecule has 0 atom stereocenters. The smallest absolute Gasteiger partial charge is 0.238 e. The van der Waals surface area contributed by atoms with E-state index in [4.69, 9.17) is 10.9 Å². The van der Waals surface area contributed by atoms with Crippen LogP contribution in [0.2, 0.25) is 0 Å². The number of allylic oxidation sites excluding steroid dienone is 1. The lowest BCUT2D eigenvalue weighted by molar-refractivity contribution is 0.474. The van der Waals surface area contributed by atoms with E-state index in [-0.39, 0.29) is 16.4 Å². The maximum Gasteiger partial charge on any atom is 0.238 e. The minimum absolute atomic E-state index is 0.0756. The van der Waals surface area contributed by atoms with Crippen LogP contribution in [0.5, 0.6) is 11.5 Å². The summed E-state index contributed by atoms with van der Waals surface area (Å²) in [5.74, 6) is 0.538. The van der Waals surface area contributed by atoms with Crippen molar-refractivity contribution in [3.63, 3.8) is 0 Å². The third-order valence-electron chi connectivity index (χ3n) is 3.81. The van der Waals surface area contributed by atoms with Crippen molar-refractivity contribution in [2.45, 2.75) is 11.8 Å². The molecule has 6 nitrogen and oxygen atoms in total. The van der Waals surface area contributed by atoms with Crippen molar-refractivity contribution in [3.8, 4) is 11.5 Å². The average Bonchev–Trinajstić information content (AvgIpc) is 2.64. The fourth-order valence-corrected chi connectivity index (χ4v) is 2.80. The van der Waals surface area contributed by atoms with Crippen molar-refractivity contribution < 1.29 is 18.6 Å². The van der Waals surface area contributed by atoms with Gasteiger partial charge < -0.3 is 15.9 Å². The quantitative estimate of drug-likeness (QED) is 0.396. The molecule has 6 N–H and O–H groups in total. The summed E-state index contributed by atoms with van der Waals surface area (Å²) in [7, 11) is -3.58. The minimum Gasteiger partial charge on any atom is -0.508 e. The first-order chi connectivity index (χ1) is 13.1. The molecular formula is C21H22N2O4S. The molecule has 3 aromatic carbocycles. The number of benzene rings is 3. The highest BCUT2D eigenvalue weighted by Gasteiger charge is 2.05. The standard InChI is InChI=1S/C15H14O2.C6H8N2O2S/c1-11(13-4-8-15(17)9-5-13)10-12-2-6-14(16)7-3-12;7-5-1-3-6(4-2-5)11(8,9)10/h2-10,16-17H,1H3;1-4H,7H2,(H2,8,9,10)/b11-10+;. The van der Waals surface area contributed by atoms with Crippen LogP contribution in [-0.2, 0) is 10.0 Å². The first-order valence-corrected chi connectivity index (χ1v) is 9.85. The predicted octanol–water partition coefficient (Wildman–Crippen LogP) is 3.57. The number of anilines is 1. The number of sulfonamides is 1. The van der Waals surface area contributed by atoms with Crippen LogP contribution in [0, 0.1) is 0 Å². The lowest BCUT2D eigenvalue weighted by atomic mass is 10.0. The van der Waals surface area contributed by atoms with Crippen LogP contribution in [0.25, 0.3) is 11.6 Å². The van der Waals surface area contributed by atoms with E-state index in [1.54, 1.807) is 24.3 Å². The molecule has 0 aliphatic heterocycles. The first kappa shape index (κ1) is 21.0. The largest absolute Gasteiger partial charge is 0.508 e. The molecule has 0 aromatic heterocycles. The Hall–Kier alpha value is -3.29. The summed E-state index contributed by atoms with van der Waals surface area (Å²) in [5, 5.41) is 23.2. The van der Waals surface area contributed by atoms with Crippen LogP contribution >= 0.6 is 0 Å². The van der Waals surface area contributed by atoms with Gasteiger partial charge in [0.2, 0.25) is 10.0 Å². The molecule has 0 saturated carbocycles. The van der Waals surface area contributed by atoms with Gasteiger partial charge in [-0.1, -0.05) is 30.3 Å². The van der Waals surface area contributed by atoms with E-state index in [2.05, 4.69) is 0 Å². The zero-order valence-electron chi connectivity index (χ0n) is 15.3. The van der Waals surface area contributed by atoms with Crippen LogP contribution in [0.3, 0.4) is 0 Å². The highest BCUT2D eigenvalue weighted by molar-refractivity contribution is 7.89. The molecule has 28 heavy (non-hydrogen) atoms. The molecule has 3 rings (SSSR count). The Morgan fingerprint density at radius 3 is 1.75 bits per heavy atom. The van der Waals surface area contributed by atoms with Gasteiger partial charge in [-0.25, -0.2) is 13.6 Å². The molecule has 0 fully saturated rings. The Morgan fingerprint density at radius 1 is 0.821 bits per heavy atom. The number of rotatable bonds is 3. The second-order valence-corrected chi connectivity index (χ2v) is 7.64. The molecule has 0 amide bonds. The van der Waals surface area contributed by atoms with Gasteiger partial charge in [-0.15, -0.1) is 0 Å². The van der Waals surface area contributed by atoms with Crippen LogP contribution < -0.4 is 10.9 Å². The zero-order chi connectivity index (χ0) is 20.7. The summed E-state index contributed by atoms with van der Waals surface area (Å²) in [4.78, 5) is 0.0756. The molecular weight excluding hydrogens is 376 g/mol. The monoisotopic (exact) mass is 398 g/mol. The molecule has 0 spiro atoms. The zero-order valence-corrected chi connectivity index (χ0v) is 16.1. The van der Waals surface area contributed by atoms with Gasteiger partial charge in [0.05, 0.1) is 4.90 Å². The topological polar surface area (TPSA) is 127 Å². The van der Waals surface area contributed by atoms with Crippen LogP contribution in [0.15, 0.2) is 77.7 Å². The molecule has 0 unspecified atom stereocenters. The Labute approximate surface area is 164 Å². The average molecular weight is 398 g/mol. The maximum atomic E-state index is 10.7. The van der Waals surface area contributed by atoms with Gasteiger partial charge in [-0.3, -0.25) is 0 Å². The second-order valence-electron chi connectivity index (χ2n) is 6.08. The molecule has 7 heteroatoms. The fourth-order valence-electron chi connectivity index (χ4n) is 2.29. The Morgan fingerprint density at radius 2 is 1.29 bits per heavy atom. The van der Waals surface area contributed by atoms with E-state index in [9.17, 15) is 18.6 Å². The van der Waals surface area contributed by atoms with Crippen molar-refractivity contribution in [3.05, 3.63) is 83.9 Å². The number of aromatic hydroxyl groups is 2. The van der Waals surface area contributed by atoms with E-state index in [0.717, 1.165) is 16.7 Å². The maximum absolute atomic E-state index is 10.7. The van der Waals surface area contributed by atoms with Gasteiger partial charge in [-0.05, 0) is 72.2 Å². The molecule has 0 aliphatic carbocycles. The van der Waals surface area contributed by atoms with Gasteiger partial charge in [-0.2, -0.15) is 0 Å². The summed E-state index contributed by atoms with van der Waals surface area (Å²) in [6.45, 7) is 2.01. The van der Waals surface area contributed by atoms with Crippen LogP contribution in [0.4, 0.5) is 5.69 Å². The number of nitrogen functional groups attached to an aromatic ring is 1. The third-order valence-corrected chi connectivity index (χ3v) is 4.74. The molecule has 3 aromatic rings. The SMILES string of the molecule is C/C(=C\c1ccc(O)cc1)c1ccc(O)cc1.Nc1ccc(S(N)(=O)=O)cc1. The Bertz CT molecular complexity index is 1040. The van der Waals surface area contributed by atoms with Gasteiger partial charge in [0, 0.05) is 5.69 Å². The second kappa shape index (κ2) is 9.07. The summed E-state index contributed by atoms with van der Waals surface area (Å²) in [5.41, 5.74) is 9.05. The summed E-state index contributed by atoms with van der Waals surface area (Å²) >= 11 is 0. The molecule has 0 radical (unpaired) electrons. The number of phenols is 2. The van der Waals surface area contributed by atoms with Crippen molar-refractivity contribution in [1.29, 1.82) is 0 Å². The number of hydrogen-bond donors (Lipinski definition) is 4. The van der Waals surface area contributed by atoms with Crippen molar-refractivity contribution in [2.24, 2.45) is 5.14 Å². The van der Waals surface area contributed by atoms with E-state index in [0.29, 0.717) is 5.69 Å². The van der Waals surface area contributed by atoms with Gasteiger partial charge in [0.1, 0.15) is 11.5 Å². The highest BCUT2D eigenvalue weighted by Crippen LogP contribution is 2.21. The van der Waals surface area contributed by atoms with Gasteiger partial charge in [0.25, 0.3) is 0 Å². The van der Waals surface area contributed by atoms with Crippen molar-refractivity contribution in [1.82, 2.24) is 0 Å². The third kappa shape index (κ3) is 6.46. The number of primary sulfonamides is 1. The van der Waals surface area contributed by atoms with E-state index < -0.39 is 10.0 Å². The van der Waals surface area contributed by atoms with Gasteiger partial charge >= 0.3 is 0 Å². The highest BCUT2D eigenvalue weighted by atomic mass is 32.2. The summed E-state index contributed by atoms with van der Waals surface area (Å²) in [6, 6.07) is 19.8. The van der Waals surface area contributed by atoms with Crippen molar-refractivity contribution in [2.75, 3.05) is 5.73 Å². The van der Waals surface area contributed by atoms with Crippen molar-refractivity contribution >= 4 is 27.4 Å².